The van der Waals surface area contributed by atoms with Gasteiger partial charge < -0.3 is 5.11 Å². The molecule has 0 saturated heterocycles. The minimum atomic E-state index is -1.05. The van der Waals surface area contributed by atoms with Gasteiger partial charge in [-0.25, -0.2) is 4.79 Å². The summed E-state index contributed by atoms with van der Waals surface area (Å²) in [5.41, 5.74) is 1.34. The number of hydrogen-bond donors (Lipinski definition) is 2. The number of nitrogens with zero attached hydrogens (tertiary/aromatic N) is 1. The van der Waals surface area contributed by atoms with Crippen molar-refractivity contribution in [2.24, 2.45) is 0 Å². The molecule has 3 rings (SSSR count). The Morgan fingerprint density at radius 3 is 2.38 bits per heavy atom. The number of carboxylic acids is 1. The van der Waals surface area contributed by atoms with E-state index in [1.807, 2.05) is 0 Å². The molecule has 0 aliphatic carbocycles. The highest BCUT2D eigenvalue weighted by Crippen LogP contribution is 2.21. The SMILES string of the molecule is O=C(O)c1ccc2[nH]nc(C(=O)c3ccc(Cl)cc3)c2c1. The van der Waals surface area contributed by atoms with Crippen LogP contribution in [-0.4, -0.2) is 27.1 Å². The standard InChI is InChI=1S/C15H9ClN2O3/c16-10-4-1-8(2-5-10)14(19)13-11-7-9(15(20)21)3-6-12(11)17-18-13/h1-7H,(H,17,18)(H,20,21). The molecule has 1 aromatic heterocycles. The number of aromatic carboxylic acids is 1. The number of carboxylic acid groups (broad SMARTS) is 1. The summed E-state index contributed by atoms with van der Waals surface area (Å²) >= 11 is 5.79. The van der Waals surface area contributed by atoms with Crippen molar-refractivity contribution in [3.8, 4) is 0 Å². The summed E-state index contributed by atoms with van der Waals surface area (Å²) in [6.07, 6.45) is 0. The van der Waals surface area contributed by atoms with Crippen LogP contribution in [0.2, 0.25) is 5.02 Å². The molecule has 5 nitrogen and oxygen atoms in total. The molecule has 3 aromatic rings. The number of aromatic amines is 1. The lowest BCUT2D eigenvalue weighted by molar-refractivity contribution is 0.0696. The predicted molar refractivity (Wildman–Crippen MR) is 77.9 cm³/mol. The maximum atomic E-state index is 12.4. The number of hydrogen-bond acceptors (Lipinski definition) is 3. The summed E-state index contributed by atoms with van der Waals surface area (Å²) in [5, 5.41) is 16.8. The molecule has 1 heterocycles. The van der Waals surface area contributed by atoms with Gasteiger partial charge in [-0.2, -0.15) is 5.10 Å². The zero-order valence-corrected chi connectivity index (χ0v) is 11.4. The van der Waals surface area contributed by atoms with Crippen LogP contribution in [0, 0.1) is 0 Å². The Balaban J connectivity index is 2.11. The van der Waals surface area contributed by atoms with E-state index in [4.69, 9.17) is 16.7 Å². The smallest absolute Gasteiger partial charge is 0.335 e. The van der Waals surface area contributed by atoms with Crippen molar-refractivity contribution in [2.75, 3.05) is 0 Å². The summed E-state index contributed by atoms with van der Waals surface area (Å²) in [4.78, 5) is 23.5. The molecule has 0 bridgehead atoms. The number of carbonyl (C=O) groups excluding carboxylic acids is 1. The molecule has 6 heteroatoms. The van der Waals surface area contributed by atoms with Crippen LogP contribution in [0.3, 0.4) is 0 Å². The number of rotatable bonds is 3. The van der Waals surface area contributed by atoms with Gasteiger partial charge in [0, 0.05) is 16.0 Å². The average molecular weight is 301 g/mol. The monoisotopic (exact) mass is 300 g/mol. The highest BCUT2D eigenvalue weighted by molar-refractivity contribution is 6.30. The Bertz CT molecular complexity index is 853. The highest BCUT2D eigenvalue weighted by Gasteiger charge is 2.17. The van der Waals surface area contributed by atoms with E-state index in [1.54, 1.807) is 30.3 Å². The van der Waals surface area contributed by atoms with Gasteiger partial charge in [0.25, 0.3) is 0 Å². The van der Waals surface area contributed by atoms with Gasteiger partial charge in [-0.05, 0) is 42.5 Å². The first kappa shape index (κ1) is 13.3. The van der Waals surface area contributed by atoms with Crippen LogP contribution in [-0.2, 0) is 0 Å². The molecule has 0 atom stereocenters. The highest BCUT2D eigenvalue weighted by atomic mass is 35.5. The maximum absolute atomic E-state index is 12.4. The Labute approximate surface area is 124 Å². The van der Waals surface area contributed by atoms with Crippen LogP contribution in [0.4, 0.5) is 0 Å². The fourth-order valence-electron chi connectivity index (χ4n) is 2.06. The zero-order chi connectivity index (χ0) is 15.0. The zero-order valence-electron chi connectivity index (χ0n) is 10.6. The Kier molecular flexibility index (Phi) is 3.19. The van der Waals surface area contributed by atoms with E-state index < -0.39 is 5.97 Å². The molecule has 0 aliphatic rings. The molecule has 0 radical (unpaired) electrons. The van der Waals surface area contributed by atoms with E-state index in [9.17, 15) is 9.59 Å². The summed E-state index contributed by atoms with van der Waals surface area (Å²) in [6.45, 7) is 0. The molecular formula is C15H9ClN2O3. The number of fused-ring (bicyclic) bond motifs is 1. The van der Waals surface area contributed by atoms with Crippen molar-refractivity contribution in [3.05, 3.63) is 64.3 Å². The van der Waals surface area contributed by atoms with E-state index in [0.29, 0.717) is 21.5 Å². The Hall–Kier alpha value is -2.66. The van der Waals surface area contributed by atoms with Crippen molar-refractivity contribution < 1.29 is 14.7 Å². The maximum Gasteiger partial charge on any atom is 0.335 e. The normalized spacial score (nSPS) is 10.7. The summed E-state index contributed by atoms with van der Waals surface area (Å²) in [5.74, 6) is -1.34. The quantitative estimate of drug-likeness (QED) is 0.728. The van der Waals surface area contributed by atoms with Gasteiger partial charge in [0.1, 0.15) is 5.69 Å². The van der Waals surface area contributed by atoms with E-state index >= 15 is 0 Å². The molecule has 0 fully saturated rings. The molecule has 2 N–H and O–H groups in total. The van der Waals surface area contributed by atoms with E-state index in [-0.39, 0.29) is 17.0 Å². The second kappa shape index (κ2) is 5.03. The van der Waals surface area contributed by atoms with Crippen LogP contribution < -0.4 is 0 Å². The number of ketones is 1. The van der Waals surface area contributed by atoms with Gasteiger partial charge in [-0.1, -0.05) is 11.6 Å². The number of carbonyl (C=O) groups is 2. The topological polar surface area (TPSA) is 83.0 Å². The van der Waals surface area contributed by atoms with E-state index in [0.717, 1.165) is 0 Å². The van der Waals surface area contributed by atoms with Crippen molar-refractivity contribution in [3.63, 3.8) is 0 Å². The Morgan fingerprint density at radius 2 is 1.71 bits per heavy atom. The first-order chi connectivity index (χ1) is 10.1. The van der Waals surface area contributed by atoms with Crippen molar-refractivity contribution in [1.82, 2.24) is 10.2 Å². The average Bonchev–Trinajstić information content (AvgIpc) is 2.90. The lowest BCUT2D eigenvalue weighted by atomic mass is 10.0. The fourth-order valence-corrected chi connectivity index (χ4v) is 2.18. The van der Waals surface area contributed by atoms with Crippen LogP contribution in [0.15, 0.2) is 42.5 Å². The molecular weight excluding hydrogens is 292 g/mol. The number of H-pyrrole nitrogens is 1. The number of aromatic nitrogens is 2. The number of nitrogens with one attached hydrogen (secondary N) is 1. The van der Waals surface area contributed by atoms with Gasteiger partial charge in [-0.3, -0.25) is 9.89 Å². The van der Waals surface area contributed by atoms with Gasteiger partial charge in [-0.15, -0.1) is 0 Å². The van der Waals surface area contributed by atoms with Gasteiger partial charge in [0.05, 0.1) is 11.1 Å². The lowest BCUT2D eigenvalue weighted by Gasteiger charge is -1.99. The number of benzene rings is 2. The molecule has 104 valence electrons. The third kappa shape index (κ3) is 2.39. The minimum Gasteiger partial charge on any atom is -0.478 e. The summed E-state index contributed by atoms with van der Waals surface area (Å²) in [6, 6.07) is 10.9. The first-order valence-corrected chi connectivity index (χ1v) is 6.46. The fraction of sp³-hybridized carbons (Fsp3) is 0. The second-order valence-electron chi connectivity index (χ2n) is 4.47. The third-order valence-electron chi connectivity index (χ3n) is 3.13. The largest absolute Gasteiger partial charge is 0.478 e. The van der Waals surface area contributed by atoms with Crippen LogP contribution in [0.5, 0.6) is 0 Å². The van der Waals surface area contributed by atoms with Gasteiger partial charge >= 0.3 is 5.97 Å². The summed E-state index contributed by atoms with van der Waals surface area (Å²) < 4.78 is 0. The van der Waals surface area contributed by atoms with Crippen LogP contribution in [0.1, 0.15) is 26.4 Å². The first-order valence-electron chi connectivity index (χ1n) is 6.08. The summed E-state index contributed by atoms with van der Waals surface area (Å²) in [7, 11) is 0. The molecule has 0 amide bonds. The molecule has 0 spiro atoms. The van der Waals surface area contributed by atoms with Crippen molar-refractivity contribution in [1.29, 1.82) is 0 Å². The lowest BCUT2D eigenvalue weighted by Crippen LogP contribution is -2.03. The van der Waals surface area contributed by atoms with Crippen LogP contribution >= 0.6 is 11.6 Å². The van der Waals surface area contributed by atoms with E-state index in [2.05, 4.69) is 10.2 Å². The van der Waals surface area contributed by atoms with Gasteiger partial charge in [0.2, 0.25) is 5.78 Å². The molecule has 21 heavy (non-hydrogen) atoms. The third-order valence-corrected chi connectivity index (χ3v) is 3.38. The van der Waals surface area contributed by atoms with E-state index in [1.165, 1.54) is 12.1 Å². The number of halogens is 1. The molecule has 0 saturated carbocycles. The minimum absolute atomic E-state index is 0.106. The van der Waals surface area contributed by atoms with Crippen molar-refractivity contribution in [2.45, 2.75) is 0 Å². The second-order valence-corrected chi connectivity index (χ2v) is 4.91. The molecule has 0 aliphatic heterocycles. The van der Waals surface area contributed by atoms with Crippen LogP contribution in [0.25, 0.3) is 10.9 Å². The predicted octanol–water partition coefficient (Wildman–Crippen LogP) is 3.15. The Morgan fingerprint density at radius 1 is 1.05 bits per heavy atom. The molecule has 2 aromatic carbocycles. The molecule has 0 unspecified atom stereocenters. The van der Waals surface area contributed by atoms with Gasteiger partial charge in [0.15, 0.2) is 0 Å². The van der Waals surface area contributed by atoms with Crippen molar-refractivity contribution >= 4 is 34.3 Å².